The molecular weight excluding hydrogens is 1210 g/mol. The van der Waals surface area contributed by atoms with Gasteiger partial charge >= 0.3 is 0 Å². The van der Waals surface area contributed by atoms with Crippen LogP contribution < -0.4 is 0 Å². The van der Waals surface area contributed by atoms with E-state index in [-0.39, 0.29) is 22.7 Å². The summed E-state index contributed by atoms with van der Waals surface area (Å²) >= 11 is 7.50. The quantitative estimate of drug-likeness (QED) is 0.0937. The Bertz CT molecular complexity index is 5430. The van der Waals surface area contributed by atoms with Crippen LogP contribution in [0.15, 0.2) is 205 Å². The second-order valence-corrected chi connectivity index (χ2v) is 29.9. The van der Waals surface area contributed by atoms with E-state index >= 15 is 0 Å². The summed E-state index contributed by atoms with van der Waals surface area (Å²) in [6.07, 6.45) is 5.10. The molecule has 8 aromatic carbocycles. The van der Waals surface area contributed by atoms with E-state index in [1.807, 2.05) is 89.5 Å². The van der Waals surface area contributed by atoms with Crippen LogP contribution in [0.3, 0.4) is 0 Å². The molecule has 0 fully saturated rings. The molecule has 4 aromatic heterocycles. The number of Topliss-reactive ketones (excluding diaryl/α,β-unsaturated/α-hetero) is 2. The zero-order chi connectivity index (χ0) is 63.8. The van der Waals surface area contributed by atoms with E-state index in [2.05, 4.69) is 185 Å². The first-order valence-corrected chi connectivity index (χ1v) is 34.6. The van der Waals surface area contributed by atoms with E-state index in [4.69, 9.17) is 0 Å². The second-order valence-electron chi connectivity index (χ2n) is 25.6. The van der Waals surface area contributed by atoms with Crippen molar-refractivity contribution in [2.75, 3.05) is 0 Å². The predicted molar refractivity (Wildman–Crippen MR) is 379 cm³/mol. The van der Waals surface area contributed by atoms with Crippen molar-refractivity contribution in [2.24, 2.45) is 5.41 Å². The minimum absolute atomic E-state index is 0.00346. The lowest BCUT2D eigenvalue weighted by molar-refractivity contribution is 0.0880. The number of nitrogens with zero attached hydrogens (tertiary/aromatic N) is 4. The molecule has 0 bridgehead atoms. The van der Waals surface area contributed by atoms with Crippen LogP contribution in [0.2, 0.25) is 0 Å². The number of rotatable bonds is 11. The summed E-state index contributed by atoms with van der Waals surface area (Å²) in [7, 11) is 0. The molecule has 16 rings (SSSR count). The molecular formula is C83H56N4O2S4. The summed E-state index contributed by atoms with van der Waals surface area (Å²) in [4.78, 5) is 33.1. The molecule has 4 aliphatic rings. The van der Waals surface area contributed by atoms with Gasteiger partial charge in [0.15, 0.2) is 11.6 Å². The Labute approximate surface area is 555 Å². The highest BCUT2D eigenvalue weighted by Gasteiger charge is 2.54. The number of allylic oxidation sites excluding steroid dienone is 6. The third-order valence-electron chi connectivity index (χ3n) is 20.2. The standard InChI is InChI=1S/C83H56N4O2S4/c1-46-19-27-54(28-20-46)82(55-29-21-47(2)22-30-55)67-38-50-36-58(12-10-18-64-71(52(42-84)43-85)60-14-6-8-16-62(60)75(64)88)90-69(50)40-65(67)76-73(82)78-79(92-76)74-77(93-78)66-41-70-51(39-68(66)83(74,56-31-23-48(3)24-32-56)57-33-25-49(4)26-34-57)37-59(91-70)13-11-35-81(5)72(53(44-86)45-87)61-15-7-9-17-63(61)80(81)89/h6-9,14-34,36-41H,10-13,35H2,1-5H3/b64-18-. The highest BCUT2D eigenvalue weighted by atomic mass is 32.1. The summed E-state index contributed by atoms with van der Waals surface area (Å²) in [6.45, 7) is 10.6. The van der Waals surface area contributed by atoms with Crippen LogP contribution >= 0.6 is 45.3 Å². The maximum absolute atomic E-state index is 14.3. The molecule has 0 radical (unpaired) electrons. The van der Waals surface area contributed by atoms with E-state index in [0.717, 1.165) is 11.8 Å². The third kappa shape index (κ3) is 8.43. The lowest BCUT2D eigenvalue weighted by atomic mass is 9.66. The molecule has 93 heavy (non-hydrogen) atoms. The molecule has 0 amide bonds. The average molecular weight is 1270 g/mol. The molecule has 6 nitrogen and oxygen atoms in total. The van der Waals surface area contributed by atoms with Crippen molar-refractivity contribution in [3.8, 4) is 45.2 Å². The van der Waals surface area contributed by atoms with Crippen LogP contribution in [0, 0.1) is 78.4 Å². The summed E-state index contributed by atoms with van der Waals surface area (Å²) in [6, 6.07) is 74.5. The predicted octanol–water partition coefficient (Wildman–Crippen LogP) is 20.9. The van der Waals surface area contributed by atoms with E-state index in [9.17, 15) is 30.6 Å². The number of carbonyl (C=O) groups excluding carboxylic acids is 2. The van der Waals surface area contributed by atoms with Gasteiger partial charge in [-0.3, -0.25) is 9.59 Å². The van der Waals surface area contributed by atoms with Gasteiger partial charge in [-0.2, -0.15) is 21.0 Å². The Morgan fingerprint density at radius 2 is 0.882 bits per heavy atom. The number of carbonyl (C=O) groups is 2. The smallest absolute Gasteiger partial charge is 0.194 e. The van der Waals surface area contributed by atoms with Crippen molar-refractivity contribution in [3.05, 3.63) is 304 Å². The largest absolute Gasteiger partial charge is 0.293 e. The van der Waals surface area contributed by atoms with Gasteiger partial charge in [-0.15, -0.1) is 45.3 Å². The molecule has 1 unspecified atom stereocenters. The van der Waals surface area contributed by atoms with Gasteiger partial charge in [0.1, 0.15) is 35.4 Å². The SMILES string of the molecule is Cc1ccc(C2(c3ccc(C)cc3)c3cc4cc(CC/C=C5\C(=O)c6ccccc6C5=C(C#N)C#N)sc4cc3-c3sc4c5c(sc4c32)-c2cc3sc(CCCC4(C)C(=O)c6ccccc6C4=C(C#N)C#N)cc3cc2C5(c2ccc(C)cc2)c2ccc(C)cc2)cc1. The number of fused-ring (bicyclic) bond motifs is 13. The molecule has 444 valence electrons. The molecule has 0 aliphatic heterocycles. The number of hydrogen-bond donors (Lipinski definition) is 0. The van der Waals surface area contributed by atoms with Gasteiger partial charge < -0.3 is 0 Å². The first kappa shape index (κ1) is 58.0. The Morgan fingerprint density at radius 3 is 1.33 bits per heavy atom. The van der Waals surface area contributed by atoms with Gasteiger partial charge in [0, 0.05) is 67.9 Å². The number of ketones is 2. The van der Waals surface area contributed by atoms with Crippen LogP contribution in [0.5, 0.6) is 0 Å². The van der Waals surface area contributed by atoms with Gasteiger partial charge in [-0.25, -0.2) is 0 Å². The van der Waals surface area contributed by atoms with Crippen molar-refractivity contribution >= 4 is 97.6 Å². The summed E-state index contributed by atoms with van der Waals surface area (Å²) in [5.41, 5.74) is 18.6. The fourth-order valence-electron chi connectivity index (χ4n) is 15.8. The van der Waals surface area contributed by atoms with Gasteiger partial charge in [0.05, 0.1) is 25.6 Å². The summed E-state index contributed by atoms with van der Waals surface area (Å²) in [5.74, 6) is -0.187. The lowest BCUT2D eigenvalue weighted by Gasteiger charge is -2.34. The molecule has 0 saturated carbocycles. The van der Waals surface area contributed by atoms with Crippen LogP contribution in [0.25, 0.3) is 61.6 Å². The van der Waals surface area contributed by atoms with Gasteiger partial charge in [-0.1, -0.05) is 174 Å². The van der Waals surface area contributed by atoms with Crippen molar-refractivity contribution in [2.45, 2.75) is 77.6 Å². The first-order valence-electron chi connectivity index (χ1n) is 31.3. The number of nitriles is 4. The lowest BCUT2D eigenvalue weighted by Crippen LogP contribution is -2.29. The van der Waals surface area contributed by atoms with E-state index < -0.39 is 16.2 Å². The molecule has 1 atom stereocenters. The van der Waals surface area contributed by atoms with Crippen molar-refractivity contribution in [1.29, 1.82) is 21.0 Å². The summed E-state index contributed by atoms with van der Waals surface area (Å²) < 4.78 is 4.99. The zero-order valence-electron chi connectivity index (χ0n) is 51.7. The highest BCUT2D eigenvalue weighted by molar-refractivity contribution is 7.32. The summed E-state index contributed by atoms with van der Waals surface area (Å²) in [5, 5.41) is 42.7. The molecule has 0 N–H and O–H groups in total. The second kappa shape index (κ2) is 21.8. The molecule has 4 heterocycles. The van der Waals surface area contributed by atoms with Gasteiger partial charge in [0.25, 0.3) is 0 Å². The van der Waals surface area contributed by atoms with Crippen molar-refractivity contribution in [1.82, 2.24) is 0 Å². The fraction of sp³-hybridized carbons (Fsp3) is 0.157. The molecule has 10 heteroatoms. The number of benzene rings is 8. The minimum atomic E-state index is -0.994. The fourth-order valence-corrected chi connectivity index (χ4v) is 21.2. The number of hydrogen-bond acceptors (Lipinski definition) is 10. The molecule has 0 saturated heterocycles. The van der Waals surface area contributed by atoms with Gasteiger partial charge in [-0.05, 0) is 170 Å². The average Bonchev–Trinajstić information content (AvgIpc) is 1.49. The van der Waals surface area contributed by atoms with Crippen LogP contribution in [-0.2, 0) is 23.7 Å². The monoisotopic (exact) mass is 1270 g/mol. The molecule has 4 aliphatic carbocycles. The normalized spacial score (nSPS) is 16.4. The van der Waals surface area contributed by atoms with Gasteiger partial charge in [0.2, 0.25) is 0 Å². The van der Waals surface area contributed by atoms with Crippen molar-refractivity contribution < 1.29 is 9.59 Å². The third-order valence-corrected chi connectivity index (χ3v) is 25.1. The Kier molecular flexibility index (Phi) is 13.6. The Morgan fingerprint density at radius 1 is 0.462 bits per heavy atom. The van der Waals surface area contributed by atoms with E-state index in [1.54, 1.807) is 17.4 Å². The van der Waals surface area contributed by atoms with E-state index in [1.165, 1.54) is 122 Å². The Balaban J connectivity index is 0.873. The number of thiophene rings is 4. The van der Waals surface area contributed by atoms with Crippen molar-refractivity contribution in [3.63, 3.8) is 0 Å². The van der Waals surface area contributed by atoms with E-state index in [0.29, 0.717) is 64.7 Å². The molecule has 12 aromatic rings. The Hall–Kier alpha value is -10.1. The topological polar surface area (TPSA) is 129 Å². The highest BCUT2D eigenvalue weighted by Crippen LogP contribution is 2.69. The maximum Gasteiger partial charge on any atom is 0.194 e. The zero-order valence-corrected chi connectivity index (χ0v) is 54.9. The number of aryl methyl sites for hydroxylation is 6. The van der Waals surface area contributed by atoms with Crippen LogP contribution in [0.4, 0.5) is 0 Å². The maximum atomic E-state index is 14.3. The van der Waals surface area contributed by atoms with Crippen LogP contribution in [0.1, 0.15) is 135 Å². The van der Waals surface area contributed by atoms with Crippen LogP contribution in [-0.4, -0.2) is 11.6 Å². The minimum Gasteiger partial charge on any atom is -0.293 e. The molecule has 0 spiro atoms. The first-order chi connectivity index (χ1) is 45.2.